The summed E-state index contributed by atoms with van der Waals surface area (Å²) in [4.78, 5) is 45.9. The lowest BCUT2D eigenvalue weighted by molar-refractivity contribution is -0.141. The number of carbonyl (C=O) groups is 4. The Kier molecular flexibility index (Phi) is 12.1. The molecule has 0 rings (SSSR count). The first-order chi connectivity index (χ1) is 11.8. The van der Waals surface area contributed by atoms with Gasteiger partial charge in [-0.2, -0.15) is 0 Å². The Morgan fingerprint density at radius 2 is 1.72 bits per heavy atom. The van der Waals surface area contributed by atoms with Crippen molar-refractivity contribution in [1.82, 2.24) is 10.6 Å². The fraction of sp³-hybridized carbons (Fsp3) is 0.765. The molecule has 0 heterocycles. The quantitative estimate of drug-likeness (QED) is 0.343. The van der Waals surface area contributed by atoms with Gasteiger partial charge in [0.25, 0.3) is 0 Å². The molecule has 0 aromatic heterocycles. The molecule has 3 amide bonds. The molecule has 144 valence electrons. The molecule has 25 heavy (non-hydrogen) atoms. The van der Waals surface area contributed by atoms with Crippen molar-refractivity contribution in [2.75, 3.05) is 6.54 Å². The number of rotatable bonds is 14. The molecule has 0 aromatic rings. The van der Waals surface area contributed by atoms with Crippen LogP contribution in [0.15, 0.2) is 0 Å². The highest BCUT2D eigenvalue weighted by Crippen LogP contribution is 2.05. The van der Waals surface area contributed by atoms with Crippen molar-refractivity contribution in [3.63, 3.8) is 0 Å². The second-order valence-electron chi connectivity index (χ2n) is 6.27. The van der Waals surface area contributed by atoms with Crippen molar-refractivity contribution in [2.45, 2.75) is 71.3 Å². The van der Waals surface area contributed by atoms with Gasteiger partial charge in [0.15, 0.2) is 0 Å². The van der Waals surface area contributed by atoms with E-state index in [1.807, 2.05) is 0 Å². The Labute approximate surface area is 148 Å². The molecule has 0 aromatic carbocycles. The first kappa shape index (κ1) is 22.9. The summed E-state index contributed by atoms with van der Waals surface area (Å²) in [5.74, 6) is -3.05. The number of hydrogen-bond acceptors (Lipinski definition) is 4. The van der Waals surface area contributed by atoms with E-state index in [2.05, 4.69) is 17.6 Å². The van der Waals surface area contributed by atoms with Crippen molar-refractivity contribution in [3.8, 4) is 0 Å². The van der Waals surface area contributed by atoms with Crippen molar-refractivity contribution in [1.29, 1.82) is 0 Å². The molecule has 0 bridgehead atoms. The number of carboxylic acids is 1. The fourth-order valence-corrected chi connectivity index (χ4v) is 2.22. The minimum atomic E-state index is -1.03. The molecule has 0 spiro atoms. The largest absolute Gasteiger partial charge is 0.481 e. The maximum absolute atomic E-state index is 12.1. The van der Waals surface area contributed by atoms with Crippen LogP contribution in [-0.4, -0.2) is 41.4 Å². The molecular weight excluding hydrogens is 326 g/mol. The second-order valence-corrected chi connectivity index (χ2v) is 6.27. The van der Waals surface area contributed by atoms with Gasteiger partial charge >= 0.3 is 5.97 Å². The third-order valence-electron chi connectivity index (χ3n) is 3.86. The molecule has 8 heteroatoms. The Morgan fingerprint density at radius 3 is 2.28 bits per heavy atom. The van der Waals surface area contributed by atoms with Gasteiger partial charge in [-0.3, -0.25) is 19.2 Å². The Hall–Kier alpha value is -2.12. The van der Waals surface area contributed by atoms with Crippen LogP contribution in [0.3, 0.4) is 0 Å². The third kappa shape index (κ3) is 12.0. The number of nitrogens with one attached hydrogen (secondary N) is 2. The summed E-state index contributed by atoms with van der Waals surface area (Å²) in [6, 6.07) is -1.03. The second kappa shape index (κ2) is 13.2. The lowest BCUT2D eigenvalue weighted by atomic mass is 10.1. The van der Waals surface area contributed by atoms with Gasteiger partial charge in [0.05, 0.1) is 12.3 Å². The number of nitrogens with two attached hydrogens (primary N) is 1. The normalized spacial score (nSPS) is 12.9. The van der Waals surface area contributed by atoms with Crippen LogP contribution in [0.2, 0.25) is 0 Å². The maximum Gasteiger partial charge on any atom is 0.306 e. The zero-order valence-corrected chi connectivity index (χ0v) is 15.2. The van der Waals surface area contributed by atoms with Crippen LogP contribution in [0.1, 0.15) is 65.2 Å². The molecule has 0 aliphatic carbocycles. The smallest absolute Gasteiger partial charge is 0.306 e. The summed E-state index contributed by atoms with van der Waals surface area (Å²) >= 11 is 0. The highest BCUT2D eigenvalue weighted by atomic mass is 16.4. The van der Waals surface area contributed by atoms with Crippen LogP contribution in [0.25, 0.3) is 0 Å². The average Bonchev–Trinajstić information content (AvgIpc) is 2.53. The number of carboxylic acid groups (broad SMARTS) is 1. The van der Waals surface area contributed by atoms with Crippen molar-refractivity contribution >= 4 is 23.7 Å². The van der Waals surface area contributed by atoms with E-state index in [4.69, 9.17) is 10.8 Å². The number of amides is 3. The Balaban J connectivity index is 4.33. The number of unbranched alkanes of at least 4 members (excludes halogenated alkanes) is 4. The summed E-state index contributed by atoms with van der Waals surface area (Å²) < 4.78 is 0. The van der Waals surface area contributed by atoms with Crippen LogP contribution in [0.5, 0.6) is 0 Å². The predicted octanol–water partition coefficient (Wildman–Crippen LogP) is 0.934. The first-order valence-corrected chi connectivity index (χ1v) is 8.86. The number of primary amides is 1. The summed E-state index contributed by atoms with van der Waals surface area (Å²) in [6.45, 7) is 3.79. The van der Waals surface area contributed by atoms with E-state index in [9.17, 15) is 19.2 Å². The third-order valence-corrected chi connectivity index (χ3v) is 3.86. The zero-order chi connectivity index (χ0) is 19.2. The van der Waals surface area contributed by atoms with E-state index in [0.717, 1.165) is 32.1 Å². The van der Waals surface area contributed by atoms with Crippen LogP contribution in [-0.2, 0) is 19.2 Å². The summed E-state index contributed by atoms with van der Waals surface area (Å²) in [6.07, 6.45) is 5.25. The lowest BCUT2D eigenvalue weighted by Crippen LogP contribution is -2.48. The van der Waals surface area contributed by atoms with Crippen LogP contribution >= 0.6 is 0 Å². The van der Waals surface area contributed by atoms with E-state index < -0.39 is 29.7 Å². The summed E-state index contributed by atoms with van der Waals surface area (Å²) in [7, 11) is 0. The van der Waals surface area contributed by atoms with Gasteiger partial charge < -0.3 is 21.5 Å². The van der Waals surface area contributed by atoms with Gasteiger partial charge in [-0.1, -0.05) is 39.5 Å². The van der Waals surface area contributed by atoms with Crippen LogP contribution < -0.4 is 16.4 Å². The molecule has 0 aliphatic heterocycles. The molecule has 0 aliphatic rings. The Morgan fingerprint density at radius 1 is 1.08 bits per heavy atom. The standard InChI is InChI=1S/C17H31N3O5/c1-3-4-5-6-7-8-15(22)20-13(11-14(18)21)16(23)19-10-9-12(2)17(24)25/h12-13H,3-11H2,1-2H3,(H2,18,21)(H,19,23)(H,20,22)(H,24,25). The van der Waals surface area contributed by atoms with Gasteiger partial charge in [0, 0.05) is 13.0 Å². The monoisotopic (exact) mass is 357 g/mol. The highest BCUT2D eigenvalue weighted by Gasteiger charge is 2.22. The molecular formula is C17H31N3O5. The fourth-order valence-electron chi connectivity index (χ4n) is 2.22. The molecule has 0 saturated carbocycles. The van der Waals surface area contributed by atoms with Crippen LogP contribution in [0, 0.1) is 5.92 Å². The van der Waals surface area contributed by atoms with Gasteiger partial charge in [0.2, 0.25) is 17.7 Å². The van der Waals surface area contributed by atoms with E-state index in [-0.39, 0.29) is 25.3 Å². The molecule has 0 fully saturated rings. The minimum Gasteiger partial charge on any atom is -0.481 e. The number of carbonyl (C=O) groups excluding carboxylic acids is 3. The van der Waals surface area contributed by atoms with Gasteiger partial charge in [-0.15, -0.1) is 0 Å². The van der Waals surface area contributed by atoms with E-state index >= 15 is 0 Å². The number of aliphatic carboxylic acids is 1. The highest BCUT2D eigenvalue weighted by molar-refractivity contribution is 5.91. The topological polar surface area (TPSA) is 139 Å². The average molecular weight is 357 g/mol. The van der Waals surface area contributed by atoms with E-state index in [1.54, 1.807) is 0 Å². The zero-order valence-electron chi connectivity index (χ0n) is 15.2. The van der Waals surface area contributed by atoms with Crippen molar-refractivity contribution in [2.24, 2.45) is 11.7 Å². The molecule has 5 N–H and O–H groups in total. The first-order valence-electron chi connectivity index (χ1n) is 8.86. The van der Waals surface area contributed by atoms with Crippen LogP contribution in [0.4, 0.5) is 0 Å². The maximum atomic E-state index is 12.1. The van der Waals surface area contributed by atoms with Crippen molar-refractivity contribution < 1.29 is 24.3 Å². The van der Waals surface area contributed by atoms with E-state index in [1.165, 1.54) is 6.92 Å². The van der Waals surface area contributed by atoms with Crippen molar-refractivity contribution in [3.05, 3.63) is 0 Å². The predicted molar refractivity (Wildman–Crippen MR) is 93.5 cm³/mol. The number of hydrogen-bond donors (Lipinski definition) is 4. The molecule has 0 radical (unpaired) electrons. The molecule has 0 saturated heterocycles. The summed E-state index contributed by atoms with van der Waals surface area (Å²) in [5.41, 5.74) is 5.13. The molecule has 2 atom stereocenters. The van der Waals surface area contributed by atoms with Gasteiger partial charge in [0.1, 0.15) is 6.04 Å². The summed E-state index contributed by atoms with van der Waals surface area (Å²) in [5, 5.41) is 13.9. The molecule has 8 nitrogen and oxygen atoms in total. The molecule has 2 unspecified atom stereocenters. The Bertz CT molecular complexity index is 454. The minimum absolute atomic E-state index is 0.147. The lowest BCUT2D eigenvalue weighted by Gasteiger charge is -2.17. The van der Waals surface area contributed by atoms with E-state index in [0.29, 0.717) is 6.42 Å². The van der Waals surface area contributed by atoms with Gasteiger partial charge in [-0.25, -0.2) is 0 Å². The SMILES string of the molecule is CCCCCCCC(=O)NC(CC(N)=O)C(=O)NCCC(C)C(=O)O. The van der Waals surface area contributed by atoms with Gasteiger partial charge in [-0.05, 0) is 12.8 Å².